The van der Waals surface area contributed by atoms with Crippen molar-refractivity contribution in [1.29, 1.82) is 0 Å². The number of benzene rings is 1. The lowest BCUT2D eigenvalue weighted by Gasteiger charge is -2.23. The summed E-state index contributed by atoms with van der Waals surface area (Å²) in [6.07, 6.45) is 0.930. The quantitative estimate of drug-likeness (QED) is 0.590. The predicted octanol–water partition coefficient (Wildman–Crippen LogP) is -1.49. The Bertz CT molecular complexity index is 793. The van der Waals surface area contributed by atoms with Crippen LogP contribution in [0.3, 0.4) is 0 Å². The smallest absolute Gasteiger partial charge is 0.224 e. The number of aryl methyl sites for hydroxylation is 1. The number of aromatic carboxylic acids is 1. The van der Waals surface area contributed by atoms with Gasteiger partial charge in [0, 0.05) is 30.9 Å². The standard InChI is InChI=1S/C19H25N3O4/c1-21-16-6-3-2-5-14(16)15(18(21)19(24)25)13-17(23)20-7-4-8-22-9-11-26-12-10-22/h2-3,5-6H,4,7-13H2,1H3,(H,20,23)(H,24,25). The first kappa shape index (κ1) is 18.4. The average Bonchev–Trinajstić information content (AvgIpc) is 2.92. The molecule has 26 heavy (non-hydrogen) atoms. The summed E-state index contributed by atoms with van der Waals surface area (Å²) < 4.78 is 6.91. The van der Waals surface area contributed by atoms with Crippen LogP contribution in [0, 0.1) is 0 Å². The topological polar surface area (TPSA) is 87.8 Å². The first-order valence-electron chi connectivity index (χ1n) is 9.03. The van der Waals surface area contributed by atoms with Crippen LogP contribution >= 0.6 is 0 Å². The molecule has 2 heterocycles. The number of ether oxygens (including phenoxy) is 1. The summed E-state index contributed by atoms with van der Waals surface area (Å²) in [6.45, 7) is 5.22. The van der Waals surface area contributed by atoms with Crippen LogP contribution in [0.5, 0.6) is 0 Å². The molecule has 1 aromatic carbocycles. The van der Waals surface area contributed by atoms with E-state index in [1.54, 1.807) is 11.6 Å². The van der Waals surface area contributed by atoms with E-state index in [1.807, 2.05) is 24.3 Å². The number of quaternary nitrogens is 1. The Labute approximate surface area is 152 Å². The Morgan fingerprint density at radius 2 is 2.00 bits per heavy atom. The van der Waals surface area contributed by atoms with E-state index in [1.165, 1.54) is 4.90 Å². The van der Waals surface area contributed by atoms with Gasteiger partial charge in [0.25, 0.3) is 0 Å². The van der Waals surface area contributed by atoms with Gasteiger partial charge in [0.1, 0.15) is 13.1 Å². The van der Waals surface area contributed by atoms with E-state index in [-0.39, 0.29) is 18.0 Å². The second-order valence-corrected chi connectivity index (χ2v) is 6.68. The van der Waals surface area contributed by atoms with Crippen LogP contribution in [0.2, 0.25) is 0 Å². The van der Waals surface area contributed by atoms with Crippen molar-refractivity contribution in [3.63, 3.8) is 0 Å². The number of carbonyl (C=O) groups excluding carboxylic acids is 2. The van der Waals surface area contributed by atoms with Crippen molar-refractivity contribution in [2.45, 2.75) is 12.8 Å². The molecule has 0 radical (unpaired) electrons. The number of nitrogens with zero attached hydrogens (tertiary/aromatic N) is 1. The number of nitrogens with one attached hydrogen (secondary N) is 2. The number of fused-ring (bicyclic) bond motifs is 1. The largest absolute Gasteiger partial charge is 0.543 e. The summed E-state index contributed by atoms with van der Waals surface area (Å²) >= 11 is 0. The number of para-hydroxylation sites is 1. The Hall–Kier alpha value is -2.38. The zero-order valence-electron chi connectivity index (χ0n) is 15.0. The zero-order chi connectivity index (χ0) is 18.5. The monoisotopic (exact) mass is 359 g/mol. The highest BCUT2D eigenvalue weighted by Crippen LogP contribution is 2.25. The Morgan fingerprint density at radius 1 is 1.27 bits per heavy atom. The fourth-order valence-corrected chi connectivity index (χ4v) is 3.61. The molecule has 0 atom stereocenters. The van der Waals surface area contributed by atoms with Crippen LogP contribution in [0.1, 0.15) is 22.5 Å². The highest BCUT2D eigenvalue weighted by molar-refractivity contribution is 5.99. The summed E-state index contributed by atoms with van der Waals surface area (Å²) in [7, 11) is 1.68. The first-order valence-corrected chi connectivity index (χ1v) is 9.03. The van der Waals surface area contributed by atoms with Crippen LogP contribution in [0.15, 0.2) is 24.3 Å². The Balaban J connectivity index is 1.60. The summed E-state index contributed by atoms with van der Waals surface area (Å²) in [6, 6.07) is 7.37. The lowest BCUT2D eigenvalue weighted by Crippen LogP contribution is -3.14. The van der Waals surface area contributed by atoms with Gasteiger partial charge in [0.05, 0.1) is 37.8 Å². The fourth-order valence-electron chi connectivity index (χ4n) is 3.61. The molecule has 0 bridgehead atoms. The molecule has 0 spiro atoms. The number of hydrogen-bond acceptors (Lipinski definition) is 4. The summed E-state index contributed by atoms with van der Waals surface area (Å²) in [5, 5.41) is 15.2. The molecule has 1 aliphatic heterocycles. The van der Waals surface area contributed by atoms with Crippen molar-refractivity contribution in [1.82, 2.24) is 9.88 Å². The van der Waals surface area contributed by atoms with Gasteiger partial charge in [0.2, 0.25) is 5.91 Å². The van der Waals surface area contributed by atoms with Crippen molar-refractivity contribution >= 4 is 22.8 Å². The van der Waals surface area contributed by atoms with E-state index in [0.717, 1.165) is 50.2 Å². The number of carboxylic acid groups (broad SMARTS) is 1. The van der Waals surface area contributed by atoms with E-state index in [0.29, 0.717) is 12.1 Å². The predicted molar refractivity (Wildman–Crippen MR) is 95.0 cm³/mol. The molecule has 2 N–H and O–H groups in total. The minimum absolute atomic E-state index is 0.0368. The van der Waals surface area contributed by atoms with Crippen molar-refractivity contribution in [2.24, 2.45) is 7.05 Å². The van der Waals surface area contributed by atoms with E-state index in [9.17, 15) is 14.7 Å². The van der Waals surface area contributed by atoms with Crippen LogP contribution in [0.25, 0.3) is 10.9 Å². The maximum Gasteiger partial charge on any atom is 0.224 e. The van der Waals surface area contributed by atoms with Gasteiger partial charge in [-0.3, -0.25) is 4.79 Å². The molecule has 2 aromatic rings. The third kappa shape index (κ3) is 4.05. The van der Waals surface area contributed by atoms with E-state index in [4.69, 9.17) is 4.74 Å². The second-order valence-electron chi connectivity index (χ2n) is 6.68. The minimum atomic E-state index is -1.26. The van der Waals surface area contributed by atoms with Gasteiger partial charge in [-0.25, -0.2) is 0 Å². The van der Waals surface area contributed by atoms with E-state index >= 15 is 0 Å². The van der Waals surface area contributed by atoms with E-state index in [2.05, 4.69) is 5.32 Å². The van der Waals surface area contributed by atoms with Crippen LogP contribution < -0.4 is 15.3 Å². The van der Waals surface area contributed by atoms with Gasteiger partial charge in [-0.05, 0) is 11.6 Å². The number of rotatable bonds is 7. The molecule has 7 nitrogen and oxygen atoms in total. The molecule has 7 heteroatoms. The second kappa shape index (κ2) is 8.33. The fraction of sp³-hybridized carbons (Fsp3) is 0.474. The van der Waals surface area contributed by atoms with Crippen molar-refractivity contribution < 1.29 is 24.3 Å². The van der Waals surface area contributed by atoms with Gasteiger partial charge < -0.3 is 29.4 Å². The Morgan fingerprint density at radius 3 is 2.73 bits per heavy atom. The van der Waals surface area contributed by atoms with Crippen LogP contribution in [0.4, 0.5) is 0 Å². The van der Waals surface area contributed by atoms with Gasteiger partial charge in [-0.1, -0.05) is 18.2 Å². The maximum absolute atomic E-state index is 12.3. The molecular formula is C19H25N3O4. The molecular weight excluding hydrogens is 334 g/mol. The molecule has 1 fully saturated rings. The van der Waals surface area contributed by atoms with Gasteiger partial charge in [-0.15, -0.1) is 0 Å². The third-order valence-corrected chi connectivity index (χ3v) is 4.97. The van der Waals surface area contributed by atoms with Crippen molar-refractivity contribution in [3.8, 4) is 0 Å². The van der Waals surface area contributed by atoms with E-state index < -0.39 is 5.97 Å². The number of morpholine rings is 1. The SMILES string of the molecule is Cn1c(C(=O)[O-])c(CC(=O)NCCC[NH+]2CCOCC2)c2ccccc21. The average molecular weight is 359 g/mol. The molecule has 3 rings (SSSR count). The van der Waals surface area contributed by atoms with Gasteiger partial charge in [-0.2, -0.15) is 0 Å². The van der Waals surface area contributed by atoms with Gasteiger partial charge in [0.15, 0.2) is 0 Å². The number of hydrogen-bond donors (Lipinski definition) is 2. The molecule has 1 saturated heterocycles. The lowest BCUT2D eigenvalue weighted by molar-refractivity contribution is -0.908. The maximum atomic E-state index is 12.3. The Kier molecular flexibility index (Phi) is 5.90. The number of amides is 1. The summed E-state index contributed by atoms with van der Waals surface area (Å²) in [4.78, 5) is 25.4. The molecule has 0 aliphatic carbocycles. The van der Waals surface area contributed by atoms with Crippen LogP contribution in [-0.2, 0) is 23.0 Å². The van der Waals surface area contributed by atoms with Crippen LogP contribution in [-0.4, -0.2) is 55.8 Å². The van der Waals surface area contributed by atoms with Crippen molar-refractivity contribution in [3.05, 3.63) is 35.5 Å². The molecule has 0 saturated carbocycles. The minimum Gasteiger partial charge on any atom is -0.543 e. The molecule has 1 aliphatic rings. The van der Waals surface area contributed by atoms with Gasteiger partial charge >= 0.3 is 0 Å². The van der Waals surface area contributed by atoms with Crippen molar-refractivity contribution in [2.75, 3.05) is 39.4 Å². The summed E-state index contributed by atoms with van der Waals surface area (Å²) in [5.74, 6) is -1.43. The number of aromatic nitrogens is 1. The number of carbonyl (C=O) groups is 2. The molecule has 1 amide bonds. The number of carboxylic acids is 1. The zero-order valence-corrected chi connectivity index (χ0v) is 15.0. The molecule has 140 valence electrons. The first-order chi connectivity index (χ1) is 12.6. The third-order valence-electron chi connectivity index (χ3n) is 4.97. The lowest BCUT2D eigenvalue weighted by atomic mass is 10.1. The highest BCUT2D eigenvalue weighted by atomic mass is 16.5. The summed E-state index contributed by atoms with van der Waals surface area (Å²) in [5.41, 5.74) is 1.36. The molecule has 1 aromatic heterocycles. The normalized spacial score (nSPS) is 15.3. The highest BCUT2D eigenvalue weighted by Gasteiger charge is 2.18. The molecule has 0 unspecified atom stereocenters.